The summed E-state index contributed by atoms with van der Waals surface area (Å²) in [5.41, 5.74) is 0.925. The summed E-state index contributed by atoms with van der Waals surface area (Å²) in [4.78, 5) is 4.22. The standard InChI is InChI=1S/C12H20N2O2S/c1-10(2)17(15,16)9-8-13-11(3)12-6-4-5-7-14-12/h4-7,10-11,13H,8-9H2,1-3H3/t11-/m0/s1. The lowest BCUT2D eigenvalue weighted by Gasteiger charge is -2.14. The van der Waals surface area contributed by atoms with Crippen LogP contribution in [0.3, 0.4) is 0 Å². The van der Waals surface area contributed by atoms with Crippen molar-refractivity contribution in [3.63, 3.8) is 0 Å². The first kappa shape index (κ1) is 14.1. The smallest absolute Gasteiger partial charge is 0.153 e. The molecule has 1 atom stereocenters. The SMILES string of the molecule is CC(C)S(=O)(=O)CCN[C@@H](C)c1ccccn1. The maximum atomic E-state index is 11.6. The molecule has 0 aromatic carbocycles. The molecule has 0 bridgehead atoms. The predicted octanol–water partition coefficient (Wildman–Crippen LogP) is 1.56. The summed E-state index contributed by atoms with van der Waals surface area (Å²) in [6.07, 6.45) is 1.73. The number of hydrogen-bond acceptors (Lipinski definition) is 4. The Labute approximate surface area is 103 Å². The summed E-state index contributed by atoms with van der Waals surface area (Å²) in [6.45, 7) is 5.84. The molecule has 0 amide bonds. The van der Waals surface area contributed by atoms with Crippen LogP contribution in [0.2, 0.25) is 0 Å². The fraction of sp³-hybridized carbons (Fsp3) is 0.583. The Morgan fingerprint density at radius 1 is 1.29 bits per heavy atom. The minimum absolute atomic E-state index is 0.0681. The molecule has 5 heteroatoms. The van der Waals surface area contributed by atoms with Crippen molar-refractivity contribution in [2.45, 2.75) is 32.1 Å². The lowest BCUT2D eigenvalue weighted by molar-refractivity contribution is 0.560. The highest BCUT2D eigenvalue weighted by Crippen LogP contribution is 2.07. The molecule has 0 radical (unpaired) electrons. The van der Waals surface area contributed by atoms with Crippen molar-refractivity contribution in [1.82, 2.24) is 10.3 Å². The van der Waals surface area contributed by atoms with Gasteiger partial charge in [0.15, 0.2) is 9.84 Å². The summed E-state index contributed by atoms with van der Waals surface area (Å²) >= 11 is 0. The molecule has 1 aromatic heterocycles. The number of pyridine rings is 1. The molecule has 0 spiro atoms. The van der Waals surface area contributed by atoms with Gasteiger partial charge in [0, 0.05) is 18.8 Å². The Kier molecular flexibility index (Phi) is 5.08. The molecule has 96 valence electrons. The first-order valence-corrected chi connectivity index (χ1v) is 7.51. The molecule has 0 aliphatic rings. The van der Waals surface area contributed by atoms with E-state index in [9.17, 15) is 8.42 Å². The summed E-state index contributed by atoms with van der Waals surface area (Å²) in [5, 5.41) is 2.86. The van der Waals surface area contributed by atoms with Crippen LogP contribution in [-0.4, -0.2) is 30.9 Å². The van der Waals surface area contributed by atoms with Crippen LogP contribution < -0.4 is 5.32 Å². The van der Waals surface area contributed by atoms with Crippen molar-refractivity contribution in [1.29, 1.82) is 0 Å². The van der Waals surface area contributed by atoms with E-state index in [1.165, 1.54) is 0 Å². The highest BCUT2D eigenvalue weighted by molar-refractivity contribution is 7.92. The molecular formula is C12H20N2O2S. The molecule has 0 aliphatic heterocycles. The third kappa shape index (κ3) is 4.44. The van der Waals surface area contributed by atoms with Gasteiger partial charge in [0.1, 0.15) is 0 Å². The second-order valence-electron chi connectivity index (χ2n) is 4.35. The van der Waals surface area contributed by atoms with Gasteiger partial charge in [-0.1, -0.05) is 6.07 Å². The maximum Gasteiger partial charge on any atom is 0.153 e. The molecule has 4 nitrogen and oxygen atoms in total. The van der Waals surface area contributed by atoms with Crippen molar-refractivity contribution >= 4 is 9.84 Å². The van der Waals surface area contributed by atoms with Gasteiger partial charge in [0.25, 0.3) is 0 Å². The molecule has 0 unspecified atom stereocenters. The molecule has 1 heterocycles. The highest BCUT2D eigenvalue weighted by Gasteiger charge is 2.16. The molecule has 17 heavy (non-hydrogen) atoms. The van der Waals surface area contributed by atoms with E-state index in [4.69, 9.17) is 0 Å². The lowest BCUT2D eigenvalue weighted by Crippen LogP contribution is -2.29. The number of hydrogen-bond donors (Lipinski definition) is 1. The van der Waals surface area contributed by atoms with Gasteiger partial charge >= 0.3 is 0 Å². The third-order valence-corrected chi connectivity index (χ3v) is 4.90. The third-order valence-electron chi connectivity index (χ3n) is 2.69. The summed E-state index contributed by atoms with van der Waals surface area (Å²) in [5.74, 6) is 0.168. The van der Waals surface area contributed by atoms with E-state index in [1.807, 2.05) is 25.1 Å². The molecule has 0 aliphatic carbocycles. The molecule has 0 fully saturated rings. The van der Waals surface area contributed by atoms with Gasteiger partial charge in [-0.2, -0.15) is 0 Å². The van der Waals surface area contributed by atoms with Gasteiger partial charge in [-0.25, -0.2) is 8.42 Å². The van der Waals surface area contributed by atoms with Crippen molar-refractivity contribution in [3.05, 3.63) is 30.1 Å². The van der Waals surface area contributed by atoms with E-state index in [0.717, 1.165) is 5.69 Å². The first-order valence-electron chi connectivity index (χ1n) is 5.79. The van der Waals surface area contributed by atoms with Crippen LogP contribution in [0.1, 0.15) is 32.5 Å². The summed E-state index contributed by atoms with van der Waals surface area (Å²) < 4.78 is 23.2. The number of nitrogens with one attached hydrogen (secondary N) is 1. The van der Waals surface area contributed by atoms with E-state index >= 15 is 0 Å². The van der Waals surface area contributed by atoms with Gasteiger partial charge in [0.2, 0.25) is 0 Å². The van der Waals surface area contributed by atoms with Crippen LogP contribution in [-0.2, 0) is 9.84 Å². The van der Waals surface area contributed by atoms with Crippen LogP contribution in [0.4, 0.5) is 0 Å². The molecule has 0 saturated carbocycles. The zero-order chi connectivity index (χ0) is 12.9. The van der Waals surface area contributed by atoms with Crippen molar-refractivity contribution in [2.24, 2.45) is 0 Å². The van der Waals surface area contributed by atoms with Crippen molar-refractivity contribution < 1.29 is 8.42 Å². The van der Waals surface area contributed by atoms with E-state index in [0.29, 0.717) is 6.54 Å². The largest absolute Gasteiger partial charge is 0.308 e. The van der Waals surface area contributed by atoms with Crippen LogP contribution >= 0.6 is 0 Å². The lowest BCUT2D eigenvalue weighted by atomic mass is 10.2. The van der Waals surface area contributed by atoms with Gasteiger partial charge < -0.3 is 5.32 Å². The average molecular weight is 256 g/mol. The normalized spacial score (nSPS) is 13.9. The minimum atomic E-state index is -2.96. The highest BCUT2D eigenvalue weighted by atomic mass is 32.2. The predicted molar refractivity (Wildman–Crippen MR) is 69.6 cm³/mol. The van der Waals surface area contributed by atoms with Gasteiger partial charge in [-0.15, -0.1) is 0 Å². The molecular weight excluding hydrogens is 236 g/mol. The van der Waals surface area contributed by atoms with Crippen molar-refractivity contribution in [2.75, 3.05) is 12.3 Å². The number of rotatable bonds is 6. The van der Waals surface area contributed by atoms with E-state index in [1.54, 1.807) is 20.0 Å². The molecule has 1 rings (SSSR count). The number of nitrogens with zero attached hydrogens (tertiary/aromatic N) is 1. The number of aromatic nitrogens is 1. The topological polar surface area (TPSA) is 59.1 Å². The van der Waals surface area contributed by atoms with Crippen LogP contribution in [0.15, 0.2) is 24.4 Å². The zero-order valence-corrected chi connectivity index (χ0v) is 11.4. The monoisotopic (exact) mass is 256 g/mol. The Morgan fingerprint density at radius 2 is 2.00 bits per heavy atom. The Bertz CT molecular complexity index is 429. The van der Waals surface area contributed by atoms with Crippen molar-refractivity contribution in [3.8, 4) is 0 Å². The van der Waals surface area contributed by atoms with Gasteiger partial charge in [-0.3, -0.25) is 4.98 Å². The van der Waals surface area contributed by atoms with Gasteiger partial charge in [-0.05, 0) is 32.9 Å². The Morgan fingerprint density at radius 3 is 2.53 bits per heavy atom. The molecule has 1 aromatic rings. The summed E-state index contributed by atoms with van der Waals surface area (Å²) in [6, 6.07) is 5.78. The van der Waals surface area contributed by atoms with Crippen LogP contribution in [0, 0.1) is 0 Å². The summed E-state index contributed by atoms with van der Waals surface area (Å²) in [7, 11) is -2.96. The second-order valence-corrected chi connectivity index (χ2v) is 7.02. The Balaban J connectivity index is 2.43. The fourth-order valence-electron chi connectivity index (χ4n) is 1.39. The molecule has 1 N–H and O–H groups in total. The van der Waals surface area contributed by atoms with Gasteiger partial charge in [0.05, 0.1) is 16.7 Å². The molecule has 0 saturated heterocycles. The fourth-order valence-corrected chi connectivity index (χ4v) is 2.26. The number of sulfone groups is 1. The van der Waals surface area contributed by atoms with E-state index in [2.05, 4.69) is 10.3 Å². The van der Waals surface area contributed by atoms with E-state index < -0.39 is 9.84 Å². The van der Waals surface area contributed by atoms with E-state index in [-0.39, 0.29) is 17.0 Å². The maximum absolute atomic E-state index is 11.6. The first-order chi connectivity index (χ1) is 7.93. The minimum Gasteiger partial charge on any atom is -0.308 e. The average Bonchev–Trinajstić information content (AvgIpc) is 2.29. The second kappa shape index (κ2) is 6.12. The zero-order valence-electron chi connectivity index (χ0n) is 10.6. The van der Waals surface area contributed by atoms with Crippen LogP contribution in [0.25, 0.3) is 0 Å². The Hall–Kier alpha value is -0.940. The van der Waals surface area contributed by atoms with Crippen LogP contribution in [0.5, 0.6) is 0 Å². The quantitative estimate of drug-likeness (QED) is 0.839.